The molecule has 3 aromatic heterocycles. The van der Waals surface area contributed by atoms with Gasteiger partial charge >= 0.3 is 0 Å². The Bertz CT molecular complexity index is 1330. The molecule has 2 bridgehead atoms. The van der Waals surface area contributed by atoms with Gasteiger partial charge in [0.15, 0.2) is 0 Å². The lowest BCUT2D eigenvalue weighted by atomic mass is 9.86. The largest absolute Gasteiger partial charge is 0.331 e. The Kier molecular flexibility index (Phi) is 4.38. The van der Waals surface area contributed by atoms with Gasteiger partial charge in [-0.2, -0.15) is 10.1 Å². The lowest BCUT2D eigenvalue weighted by molar-refractivity contribution is 0.0550. The molecule has 6 rings (SSSR count). The summed E-state index contributed by atoms with van der Waals surface area (Å²) in [4.78, 5) is 28.1. The fourth-order valence-corrected chi connectivity index (χ4v) is 5.46. The summed E-state index contributed by atoms with van der Waals surface area (Å²) >= 11 is 0. The van der Waals surface area contributed by atoms with Crippen LogP contribution in [-0.4, -0.2) is 47.5 Å². The molecule has 162 valence electrons. The second kappa shape index (κ2) is 7.29. The predicted molar refractivity (Wildman–Crippen MR) is 112 cm³/mol. The number of hydrogen-bond acceptors (Lipinski definition) is 5. The number of halogens is 2. The van der Waals surface area contributed by atoms with E-state index in [1.807, 2.05) is 35.2 Å². The molecule has 4 aromatic rings. The van der Waals surface area contributed by atoms with E-state index in [9.17, 15) is 13.6 Å². The Morgan fingerprint density at radius 2 is 1.91 bits per heavy atom. The van der Waals surface area contributed by atoms with E-state index in [2.05, 4.69) is 20.1 Å². The van der Waals surface area contributed by atoms with Crippen molar-refractivity contribution in [2.45, 2.75) is 50.1 Å². The molecular weight excluding hydrogens is 414 g/mol. The molecule has 2 saturated heterocycles. The van der Waals surface area contributed by atoms with Crippen molar-refractivity contribution in [2.24, 2.45) is 0 Å². The van der Waals surface area contributed by atoms with Crippen molar-refractivity contribution in [2.75, 3.05) is 0 Å². The molecule has 1 amide bonds. The third kappa shape index (κ3) is 2.87. The molecule has 0 N–H and O–H groups in total. The van der Waals surface area contributed by atoms with Gasteiger partial charge in [-0.25, -0.2) is 18.3 Å². The van der Waals surface area contributed by atoms with Crippen molar-refractivity contribution in [3.63, 3.8) is 0 Å². The van der Waals surface area contributed by atoms with Gasteiger partial charge in [-0.05, 0) is 43.2 Å². The van der Waals surface area contributed by atoms with Crippen LogP contribution in [0.1, 0.15) is 59.9 Å². The van der Waals surface area contributed by atoms with Gasteiger partial charge in [0, 0.05) is 29.6 Å². The Hall–Kier alpha value is -3.49. The van der Waals surface area contributed by atoms with Crippen LogP contribution in [0.4, 0.5) is 8.78 Å². The Morgan fingerprint density at radius 3 is 2.78 bits per heavy atom. The lowest BCUT2D eigenvalue weighted by Crippen LogP contribution is -2.48. The third-order valence-corrected chi connectivity index (χ3v) is 6.84. The quantitative estimate of drug-likeness (QED) is 0.484. The number of alkyl halides is 2. The van der Waals surface area contributed by atoms with E-state index < -0.39 is 6.43 Å². The summed E-state index contributed by atoms with van der Waals surface area (Å²) in [7, 11) is 0. The van der Waals surface area contributed by atoms with E-state index in [1.165, 1.54) is 16.9 Å². The number of carbonyl (C=O) groups is 1. The fraction of sp³-hybridized carbons (Fsp3) is 0.348. The summed E-state index contributed by atoms with van der Waals surface area (Å²) in [5.74, 6) is -0.0686. The molecule has 9 heteroatoms. The minimum absolute atomic E-state index is 0.100. The molecule has 32 heavy (non-hydrogen) atoms. The van der Waals surface area contributed by atoms with Gasteiger partial charge in [0.05, 0.1) is 5.69 Å². The van der Waals surface area contributed by atoms with Crippen LogP contribution >= 0.6 is 0 Å². The molecule has 0 radical (unpaired) electrons. The Balaban J connectivity index is 1.43. The van der Waals surface area contributed by atoms with Gasteiger partial charge in [0.2, 0.25) is 0 Å². The molecular formula is C23H20F2N6O. The van der Waals surface area contributed by atoms with Crippen LogP contribution < -0.4 is 0 Å². The Labute approximate surface area is 182 Å². The minimum Gasteiger partial charge on any atom is -0.331 e. The Morgan fingerprint density at radius 1 is 1.06 bits per heavy atom. The number of amides is 1. The SMILES string of the molecule is O=C(c1nccc2ccccc12)N1C2CCC(c3cc(C(F)F)nc4ncnn34)C1CC2. The van der Waals surface area contributed by atoms with Crippen molar-refractivity contribution in [3.8, 4) is 0 Å². The van der Waals surface area contributed by atoms with Gasteiger partial charge in [-0.3, -0.25) is 9.78 Å². The van der Waals surface area contributed by atoms with Gasteiger partial charge in [-0.1, -0.05) is 24.3 Å². The highest BCUT2D eigenvalue weighted by molar-refractivity contribution is 6.05. The number of carbonyl (C=O) groups excluding carboxylic acids is 1. The number of pyridine rings is 1. The number of fused-ring (bicyclic) bond motifs is 4. The summed E-state index contributed by atoms with van der Waals surface area (Å²) in [6.07, 6.45) is 3.59. The highest BCUT2D eigenvalue weighted by Gasteiger charge is 2.47. The minimum atomic E-state index is -2.70. The second-order valence-corrected chi connectivity index (χ2v) is 8.45. The van der Waals surface area contributed by atoms with E-state index in [-0.39, 0.29) is 35.4 Å². The molecule has 0 aliphatic carbocycles. The number of piperidine rings is 1. The van der Waals surface area contributed by atoms with Crippen LogP contribution in [0.25, 0.3) is 16.6 Å². The summed E-state index contributed by atoms with van der Waals surface area (Å²) < 4.78 is 28.6. The van der Waals surface area contributed by atoms with Crippen LogP contribution in [0.2, 0.25) is 0 Å². The monoisotopic (exact) mass is 434 g/mol. The standard InChI is InChI=1S/C23H20F2N6O/c24-21(25)17-11-19(31-23(29-17)27-12-28-31)16-7-5-14-6-8-18(16)30(14)22(32)20-15-4-2-1-3-13(15)9-10-26-20/h1-4,9-12,14,16,18,21H,5-8H2. The zero-order chi connectivity index (χ0) is 21.8. The lowest BCUT2D eigenvalue weighted by Gasteiger charge is -2.40. The van der Waals surface area contributed by atoms with Gasteiger partial charge < -0.3 is 4.90 Å². The smallest absolute Gasteiger partial charge is 0.280 e. The summed E-state index contributed by atoms with van der Waals surface area (Å²) in [6, 6.07) is 11.1. The molecule has 0 saturated carbocycles. The van der Waals surface area contributed by atoms with Crippen LogP contribution in [0.15, 0.2) is 48.9 Å². The van der Waals surface area contributed by atoms with Crippen molar-refractivity contribution >= 4 is 22.5 Å². The van der Waals surface area contributed by atoms with Crippen LogP contribution in [-0.2, 0) is 0 Å². The first kappa shape index (κ1) is 19.2. The summed E-state index contributed by atoms with van der Waals surface area (Å²) in [6.45, 7) is 0. The molecule has 2 fully saturated rings. The summed E-state index contributed by atoms with van der Waals surface area (Å²) in [5.41, 5.74) is 0.764. The maximum Gasteiger partial charge on any atom is 0.280 e. The van der Waals surface area contributed by atoms with Crippen LogP contribution in [0, 0.1) is 0 Å². The van der Waals surface area contributed by atoms with Gasteiger partial charge in [0.25, 0.3) is 18.1 Å². The molecule has 0 spiro atoms. The predicted octanol–water partition coefficient (Wildman–Crippen LogP) is 4.16. The van der Waals surface area contributed by atoms with E-state index >= 15 is 0 Å². The number of hydrogen-bond donors (Lipinski definition) is 0. The average Bonchev–Trinajstić information content (AvgIpc) is 3.41. The number of benzene rings is 1. The fourth-order valence-electron chi connectivity index (χ4n) is 5.46. The van der Waals surface area contributed by atoms with Crippen molar-refractivity contribution in [1.82, 2.24) is 29.5 Å². The number of rotatable bonds is 3. The first-order chi connectivity index (χ1) is 15.6. The first-order valence-electron chi connectivity index (χ1n) is 10.8. The van der Waals surface area contributed by atoms with Gasteiger partial charge in [-0.15, -0.1) is 0 Å². The van der Waals surface area contributed by atoms with E-state index in [0.29, 0.717) is 11.4 Å². The van der Waals surface area contributed by atoms with Crippen molar-refractivity contribution < 1.29 is 13.6 Å². The van der Waals surface area contributed by atoms with Crippen LogP contribution in [0.3, 0.4) is 0 Å². The number of aromatic nitrogens is 5. The highest BCUT2D eigenvalue weighted by atomic mass is 19.3. The van der Waals surface area contributed by atoms with Crippen molar-refractivity contribution in [1.29, 1.82) is 0 Å². The molecule has 1 aromatic carbocycles. The van der Waals surface area contributed by atoms with Gasteiger partial charge in [0.1, 0.15) is 17.7 Å². The third-order valence-electron chi connectivity index (χ3n) is 6.84. The zero-order valence-corrected chi connectivity index (χ0v) is 17.1. The molecule has 3 atom stereocenters. The maximum atomic E-state index is 13.7. The molecule has 3 unspecified atom stereocenters. The van der Waals surface area contributed by atoms with E-state index in [4.69, 9.17) is 0 Å². The average molecular weight is 434 g/mol. The zero-order valence-electron chi connectivity index (χ0n) is 17.1. The highest BCUT2D eigenvalue weighted by Crippen LogP contribution is 2.45. The van der Waals surface area contributed by atoms with Crippen molar-refractivity contribution in [3.05, 3.63) is 66.0 Å². The molecule has 2 aliphatic heterocycles. The molecule has 5 heterocycles. The second-order valence-electron chi connectivity index (χ2n) is 8.45. The normalized spacial score (nSPS) is 22.8. The van der Waals surface area contributed by atoms with E-state index in [1.54, 1.807) is 6.20 Å². The number of nitrogens with zero attached hydrogens (tertiary/aromatic N) is 6. The molecule has 7 nitrogen and oxygen atoms in total. The maximum absolute atomic E-state index is 13.7. The van der Waals surface area contributed by atoms with Crippen LogP contribution in [0.5, 0.6) is 0 Å². The first-order valence-corrected chi connectivity index (χ1v) is 10.8. The summed E-state index contributed by atoms with van der Waals surface area (Å²) in [5, 5.41) is 6.02. The molecule has 2 aliphatic rings. The van der Waals surface area contributed by atoms with E-state index in [0.717, 1.165) is 36.5 Å². The topological polar surface area (TPSA) is 76.3 Å².